The average Bonchev–Trinajstić information content (AvgIpc) is 2.71. The molecule has 0 bridgehead atoms. The van der Waals surface area contributed by atoms with E-state index in [0.29, 0.717) is 12.0 Å². The van der Waals surface area contributed by atoms with E-state index < -0.39 is 0 Å². The first-order valence-corrected chi connectivity index (χ1v) is 10.7. The first-order chi connectivity index (χ1) is 12.9. The molecule has 3 aliphatic rings. The number of hydrogen-bond donors (Lipinski definition) is 2. The number of anilines is 1. The molecule has 4 nitrogen and oxygen atoms in total. The monoisotopic (exact) mass is 358 g/mol. The highest BCUT2D eigenvalue weighted by Crippen LogP contribution is 2.48. The van der Waals surface area contributed by atoms with Crippen molar-refractivity contribution in [3.63, 3.8) is 0 Å². The summed E-state index contributed by atoms with van der Waals surface area (Å²) in [5.41, 5.74) is 8.13. The molecule has 4 heteroatoms. The lowest BCUT2D eigenvalue weighted by Crippen LogP contribution is -2.46. The molecule has 2 heterocycles. The zero-order chi connectivity index (χ0) is 17.8. The molecule has 1 saturated carbocycles. The first kappa shape index (κ1) is 18.1. The number of rotatable bonds is 6. The summed E-state index contributed by atoms with van der Waals surface area (Å²) in [4.78, 5) is 0. The normalized spacial score (nSPS) is 28.7. The maximum Gasteiger partial charge on any atom is 0.119 e. The Morgan fingerprint density at radius 2 is 1.96 bits per heavy atom. The van der Waals surface area contributed by atoms with Gasteiger partial charge in [-0.2, -0.15) is 0 Å². The van der Waals surface area contributed by atoms with E-state index in [1.807, 2.05) is 0 Å². The van der Waals surface area contributed by atoms with Gasteiger partial charge in [-0.25, -0.2) is 0 Å². The third-order valence-electron chi connectivity index (χ3n) is 6.51. The van der Waals surface area contributed by atoms with Crippen LogP contribution < -0.4 is 15.8 Å². The van der Waals surface area contributed by atoms with E-state index in [0.717, 1.165) is 44.3 Å². The van der Waals surface area contributed by atoms with Crippen LogP contribution in [0.4, 0.5) is 5.69 Å². The third-order valence-corrected chi connectivity index (χ3v) is 6.51. The molecule has 26 heavy (non-hydrogen) atoms. The highest BCUT2D eigenvalue weighted by Gasteiger charge is 2.42. The summed E-state index contributed by atoms with van der Waals surface area (Å²) < 4.78 is 12.3. The summed E-state index contributed by atoms with van der Waals surface area (Å²) in [6.07, 6.45) is 11.7. The molecule has 1 aromatic carbocycles. The number of hydrogen-bond acceptors (Lipinski definition) is 4. The molecule has 144 valence electrons. The van der Waals surface area contributed by atoms with Crippen molar-refractivity contribution in [3.8, 4) is 5.75 Å². The van der Waals surface area contributed by atoms with Crippen molar-refractivity contribution < 1.29 is 9.47 Å². The molecule has 3 atom stereocenters. The molecule has 2 aliphatic heterocycles. The maximum absolute atomic E-state index is 6.32. The van der Waals surface area contributed by atoms with Crippen LogP contribution in [-0.2, 0) is 4.74 Å². The van der Waals surface area contributed by atoms with Gasteiger partial charge in [-0.1, -0.05) is 19.3 Å². The third kappa shape index (κ3) is 3.86. The van der Waals surface area contributed by atoms with Gasteiger partial charge in [-0.05, 0) is 69.2 Å². The van der Waals surface area contributed by atoms with Crippen LogP contribution in [0, 0.1) is 11.8 Å². The molecular weight excluding hydrogens is 324 g/mol. The topological polar surface area (TPSA) is 56.5 Å². The fourth-order valence-electron chi connectivity index (χ4n) is 5.17. The van der Waals surface area contributed by atoms with Crippen LogP contribution in [0.25, 0.3) is 0 Å². The summed E-state index contributed by atoms with van der Waals surface area (Å²) in [6.45, 7) is 2.36. The minimum absolute atomic E-state index is 0.236. The van der Waals surface area contributed by atoms with Crippen molar-refractivity contribution >= 4 is 5.69 Å². The minimum atomic E-state index is 0.236. The van der Waals surface area contributed by atoms with Crippen LogP contribution in [0.15, 0.2) is 18.2 Å². The molecule has 0 unspecified atom stereocenters. The molecule has 0 spiro atoms. The Bertz CT molecular complexity index is 586. The zero-order valence-electron chi connectivity index (χ0n) is 15.9. The second-order valence-electron chi connectivity index (χ2n) is 8.26. The van der Waals surface area contributed by atoms with Gasteiger partial charge >= 0.3 is 0 Å². The van der Waals surface area contributed by atoms with E-state index in [1.54, 1.807) is 0 Å². The van der Waals surface area contributed by atoms with Gasteiger partial charge in [0, 0.05) is 29.8 Å². The predicted molar refractivity (Wildman–Crippen MR) is 106 cm³/mol. The van der Waals surface area contributed by atoms with Gasteiger partial charge in [0.15, 0.2) is 0 Å². The van der Waals surface area contributed by atoms with Crippen molar-refractivity contribution in [2.45, 2.75) is 69.9 Å². The van der Waals surface area contributed by atoms with Gasteiger partial charge in [-0.3, -0.25) is 0 Å². The highest BCUT2D eigenvalue weighted by atomic mass is 16.5. The van der Waals surface area contributed by atoms with Gasteiger partial charge in [0.05, 0.1) is 12.7 Å². The molecule has 1 saturated heterocycles. The Balaban J connectivity index is 1.52. The van der Waals surface area contributed by atoms with Crippen LogP contribution in [0.2, 0.25) is 0 Å². The molecule has 0 radical (unpaired) electrons. The predicted octanol–water partition coefficient (Wildman–Crippen LogP) is 4.65. The Morgan fingerprint density at radius 3 is 2.81 bits per heavy atom. The lowest BCUT2D eigenvalue weighted by atomic mass is 9.71. The Morgan fingerprint density at radius 1 is 1.08 bits per heavy atom. The van der Waals surface area contributed by atoms with Gasteiger partial charge in [0.2, 0.25) is 0 Å². The fraction of sp³-hybridized carbons (Fsp3) is 0.727. The fourth-order valence-corrected chi connectivity index (χ4v) is 5.17. The van der Waals surface area contributed by atoms with Gasteiger partial charge in [-0.15, -0.1) is 0 Å². The van der Waals surface area contributed by atoms with Crippen molar-refractivity contribution in [2.75, 3.05) is 25.1 Å². The summed E-state index contributed by atoms with van der Waals surface area (Å²) >= 11 is 0. The molecule has 0 aromatic heterocycles. The standard InChI is InChI=1S/C22H34N2O2/c23-12-4-5-13-25-17-10-11-20-19(15-17)22-18(9-6-14-26-22)21(24-20)16-7-2-1-3-8-16/h10-11,15-16,18,21-22,24H,1-9,12-14,23H2/t18-,21+,22-/m0/s1. The highest BCUT2D eigenvalue weighted by molar-refractivity contribution is 5.58. The molecule has 2 fully saturated rings. The molecule has 1 aliphatic carbocycles. The van der Waals surface area contributed by atoms with E-state index in [4.69, 9.17) is 15.2 Å². The number of benzene rings is 1. The molecular formula is C22H34N2O2. The second-order valence-corrected chi connectivity index (χ2v) is 8.26. The van der Waals surface area contributed by atoms with Crippen LogP contribution in [0.5, 0.6) is 5.75 Å². The van der Waals surface area contributed by atoms with Crippen LogP contribution in [-0.4, -0.2) is 25.8 Å². The first-order valence-electron chi connectivity index (χ1n) is 10.7. The minimum Gasteiger partial charge on any atom is -0.494 e. The van der Waals surface area contributed by atoms with Gasteiger partial charge in [0.1, 0.15) is 5.75 Å². The van der Waals surface area contributed by atoms with Crippen molar-refractivity contribution in [3.05, 3.63) is 23.8 Å². The van der Waals surface area contributed by atoms with E-state index in [2.05, 4.69) is 23.5 Å². The number of nitrogens with two attached hydrogens (primary N) is 1. The van der Waals surface area contributed by atoms with Crippen molar-refractivity contribution in [1.82, 2.24) is 0 Å². The van der Waals surface area contributed by atoms with E-state index >= 15 is 0 Å². The van der Waals surface area contributed by atoms with Gasteiger partial charge in [0.25, 0.3) is 0 Å². The van der Waals surface area contributed by atoms with E-state index in [1.165, 1.54) is 56.2 Å². The molecule has 4 rings (SSSR count). The van der Waals surface area contributed by atoms with Crippen LogP contribution >= 0.6 is 0 Å². The molecule has 3 N–H and O–H groups in total. The SMILES string of the molecule is NCCCCOc1ccc2c(c1)[C@H]1OCCC[C@H]1[C@@H](C1CCCCC1)N2. The maximum atomic E-state index is 6.32. The Hall–Kier alpha value is -1.26. The van der Waals surface area contributed by atoms with E-state index in [9.17, 15) is 0 Å². The largest absolute Gasteiger partial charge is 0.494 e. The Kier molecular flexibility index (Phi) is 6.01. The quantitative estimate of drug-likeness (QED) is 0.727. The van der Waals surface area contributed by atoms with E-state index in [-0.39, 0.29) is 6.10 Å². The number of fused-ring (bicyclic) bond motifs is 3. The van der Waals surface area contributed by atoms with Crippen molar-refractivity contribution in [2.24, 2.45) is 17.6 Å². The average molecular weight is 359 g/mol. The number of unbranched alkanes of at least 4 members (excludes halogenated alkanes) is 1. The second kappa shape index (κ2) is 8.62. The van der Waals surface area contributed by atoms with Crippen LogP contribution in [0.3, 0.4) is 0 Å². The van der Waals surface area contributed by atoms with Gasteiger partial charge < -0.3 is 20.5 Å². The smallest absolute Gasteiger partial charge is 0.119 e. The zero-order valence-corrected chi connectivity index (χ0v) is 15.9. The molecule has 0 amide bonds. The lowest BCUT2D eigenvalue weighted by molar-refractivity contribution is -0.0459. The van der Waals surface area contributed by atoms with Crippen LogP contribution in [0.1, 0.15) is 69.5 Å². The summed E-state index contributed by atoms with van der Waals surface area (Å²) in [6, 6.07) is 7.10. The molecule has 1 aromatic rings. The van der Waals surface area contributed by atoms with Crippen molar-refractivity contribution in [1.29, 1.82) is 0 Å². The summed E-state index contributed by atoms with van der Waals surface area (Å²) in [5, 5.41) is 3.92. The summed E-state index contributed by atoms with van der Waals surface area (Å²) in [7, 11) is 0. The number of ether oxygens (including phenoxy) is 2. The number of nitrogens with one attached hydrogen (secondary N) is 1. The lowest BCUT2D eigenvalue weighted by Gasteiger charge is -2.47. The Labute approximate surface area is 157 Å². The summed E-state index contributed by atoms with van der Waals surface area (Å²) in [5.74, 6) is 2.37.